The molecule has 1 aromatic rings. The minimum atomic E-state index is -0.622. The van der Waals surface area contributed by atoms with Gasteiger partial charge in [-0.25, -0.2) is 0 Å². The molecule has 0 radical (unpaired) electrons. The molecule has 1 aliphatic rings. The van der Waals surface area contributed by atoms with Crippen LogP contribution >= 0.6 is 11.3 Å². The van der Waals surface area contributed by atoms with Crippen molar-refractivity contribution in [2.75, 3.05) is 13.1 Å². The maximum absolute atomic E-state index is 10.6. The van der Waals surface area contributed by atoms with Crippen molar-refractivity contribution in [2.24, 2.45) is 28.5 Å². The van der Waals surface area contributed by atoms with Gasteiger partial charge in [-0.2, -0.15) is 11.3 Å². The van der Waals surface area contributed by atoms with Gasteiger partial charge in [0.25, 0.3) is 0 Å². The van der Waals surface area contributed by atoms with Crippen molar-refractivity contribution in [3.63, 3.8) is 0 Å². The molecular formula is C31H59N3OS. The molecule has 210 valence electrons. The summed E-state index contributed by atoms with van der Waals surface area (Å²) in [5.74, 6) is 2.30. The van der Waals surface area contributed by atoms with Gasteiger partial charge in [-0.05, 0) is 72.8 Å². The molecule has 2 N–H and O–H groups in total. The van der Waals surface area contributed by atoms with Crippen molar-refractivity contribution in [3.8, 4) is 0 Å². The molecule has 5 heteroatoms. The maximum atomic E-state index is 10.6. The van der Waals surface area contributed by atoms with E-state index < -0.39 is 5.54 Å². The quantitative estimate of drug-likeness (QED) is 0.190. The van der Waals surface area contributed by atoms with Gasteiger partial charge < -0.3 is 15.4 Å². The Morgan fingerprint density at radius 1 is 1.17 bits per heavy atom. The molecule has 4 nitrogen and oxygen atoms in total. The Labute approximate surface area is 228 Å². The minimum absolute atomic E-state index is 0.453. The highest BCUT2D eigenvalue weighted by Gasteiger charge is 2.22. The Hall–Kier alpha value is -1.62. The molecule has 1 saturated heterocycles. The molecule has 2 rings (SSSR count). The fraction of sp³-hybridized carbons (Fsp3) is 0.742. The molecule has 1 atom stereocenters. The third-order valence-electron chi connectivity index (χ3n) is 6.26. The molecule has 0 saturated carbocycles. The molecule has 0 bridgehead atoms. The van der Waals surface area contributed by atoms with E-state index in [-0.39, 0.29) is 0 Å². The number of hydrogen-bond donors (Lipinski definition) is 1. The zero-order valence-electron chi connectivity index (χ0n) is 25.3. The zero-order chi connectivity index (χ0) is 28.0. The topological polar surface area (TPSA) is 58.7 Å². The Kier molecular flexibility index (Phi) is 22.9. The lowest BCUT2D eigenvalue weighted by Crippen LogP contribution is -2.33. The first kappa shape index (κ1) is 36.5. The van der Waals surface area contributed by atoms with Crippen molar-refractivity contribution in [1.29, 1.82) is 0 Å². The third kappa shape index (κ3) is 17.8. The summed E-state index contributed by atoms with van der Waals surface area (Å²) < 4.78 is 0. The Bertz CT molecular complexity index is 674. The van der Waals surface area contributed by atoms with Crippen LogP contribution in [-0.4, -0.2) is 36.2 Å². The van der Waals surface area contributed by atoms with E-state index in [1.807, 2.05) is 27.7 Å². The number of nitrogens with two attached hydrogens (primary N) is 1. The maximum Gasteiger partial charge on any atom is 0.147 e. The average Bonchev–Trinajstić information content (AvgIpc) is 3.39. The highest BCUT2D eigenvalue weighted by molar-refractivity contribution is 7.07. The average molecular weight is 522 g/mol. The third-order valence-corrected chi connectivity index (χ3v) is 7.00. The molecule has 2 heterocycles. The van der Waals surface area contributed by atoms with Gasteiger partial charge in [-0.15, -0.1) is 0 Å². The van der Waals surface area contributed by atoms with Crippen LogP contribution in [0.5, 0.6) is 0 Å². The van der Waals surface area contributed by atoms with E-state index in [9.17, 15) is 4.79 Å². The number of rotatable bonds is 10. The van der Waals surface area contributed by atoms with Gasteiger partial charge >= 0.3 is 0 Å². The Morgan fingerprint density at radius 3 is 2.11 bits per heavy atom. The molecule has 0 spiro atoms. The first-order chi connectivity index (χ1) is 17.1. The summed E-state index contributed by atoms with van der Waals surface area (Å²) in [5.41, 5.74) is 7.51. The number of carbonyl (C=O) groups is 1. The van der Waals surface area contributed by atoms with Crippen molar-refractivity contribution in [1.82, 2.24) is 4.90 Å². The smallest absolute Gasteiger partial charge is 0.147 e. The van der Waals surface area contributed by atoms with E-state index in [1.165, 1.54) is 50.7 Å². The van der Waals surface area contributed by atoms with E-state index in [4.69, 9.17) is 5.73 Å². The molecule has 36 heavy (non-hydrogen) atoms. The summed E-state index contributed by atoms with van der Waals surface area (Å²) in [6.07, 6.45) is 12.9. The van der Waals surface area contributed by atoms with E-state index in [0.29, 0.717) is 5.92 Å². The summed E-state index contributed by atoms with van der Waals surface area (Å²) in [4.78, 5) is 17.1. The predicted molar refractivity (Wildman–Crippen MR) is 164 cm³/mol. The number of hydrogen-bond acceptors (Lipinski definition) is 4. The number of thiophene rings is 1. The predicted octanol–water partition coefficient (Wildman–Crippen LogP) is 8.76. The lowest BCUT2D eigenvalue weighted by molar-refractivity contribution is -0.112. The molecule has 0 aromatic carbocycles. The van der Waals surface area contributed by atoms with Gasteiger partial charge in [0.1, 0.15) is 11.8 Å². The van der Waals surface area contributed by atoms with E-state index in [1.54, 1.807) is 24.0 Å². The van der Waals surface area contributed by atoms with E-state index in [2.05, 4.69) is 67.4 Å². The van der Waals surface area contributed by atoms with E-state index in [0.717, 1.165) is 37.4 Å². The van der Waals surface area contributed by atoms with Gasteiger partial charge in [0, 0.05) is 25.2 Å². The van der Waals surface area contributed by atoms with Crippen LogP contribution in [0.1, 0.15) is 113 Å². The van der Waals surface area contributed by atoms with Crippen LogP contribution in [0.2, 0.25) is 0 Å². The van der Waals surface area contributed by atoms with Crippen LogP contribution in [0.25, 0.3) is 0 Å². The first-order valence-corrected chi connectivity index (χ1v) is 15.3. The van der Waals surface area contributed by atoms with E-state index >= 15 is 0 Å². The number of piperidine rings is 1. The fourth-order valence-corrected chi connectivity index (χ4v) is 4.58. The SMILES string of the molecule is CC.CC(C)CC(C)(C=O)N=CN.CC/C=C(/Cc1ccsc1)N1CCC(CC)CC1.CCC(C)C. The number of allylic oxidation sites excluding steroid dienone is 2. The number of carbonyl (C=O) groups excluding carboxylic acids is 1. The fourth-order valence-electron chi connectivity index (χ4n) is 3.91. The molecule has 0 aliphatic carbocycles. The van der Waals surface area contributed by atoms with Gasteiger partial charge in [0.2, 0.25) is 0 Å². The normalized spacial score (nSPS) is 15.9. The van der Waals surface area contributed by atoms with Crippen molar-refractivity contribution >= 4 is 24.0 Å². The second-order valence-electron chi connectivity index (χ2n) is 10.4. The van der Waals surface area contributed by atoms with Crippen molar-refractivity contribution < 1.29 is 4.79 Å². The standard InChI is InChI=1S/C16H25NS.C8H16N2O.C5H12.C2H6/c1-3-5-16(12-15-8-11-18-13-15)17-9-6-14(4-2)7-10-17;1-7(2)4-8(3,5-11)10-6-9;1-4-5(2)3;1-2/h5,8,11,13-14H,3-4,6-7,9-10,12H2,1-2H3;5-7H,4H2,1-3H3,(H2,9,10);5H,4H2,1-3H3;1-2H3/b16-5-;;;. The molecule has 1 fully saturated rings. The number of nitrogens with zero attached hydrogens (tertiary/aromatic N) is 2. The number of likely N-dealkylation sites (tertiary alicyclic amines) is 1. The monoisotopic (exact) mass is 521 g/mol. The van der Waals surface area contributed by atoms with Gasteiger partial charge in [0.15, 0.2) is 0 Å². The van der Waals surface area contributed by atoms with Gasteiger partial charge in [-0.3, -0.25) is 4.99 Å². The van der Waals surface area contributed by atoms with Crippen molar-refractivity contribution in [3.05, 3.63) is 34.2 Å². The minimum Gasteiger partial charge on any atom is -0.390 e. The zero-order valence-corrected chi connectivity index (χ0v) is 26.2. The highest BCUT2D eigenvalue weighted by Crippen LogP contribution is 2.25. The van der Waals surface area contributed by atoms with Gasteiger partial charge in [-0.1, -0.05) is 81.2 Å². The Balaban J connectivity index is 0. The van der Waals surface area contributed by atoms with Crippen LogP contribution in [0.4, 0.5) is 0 Å². The lowest BCUT2D eigenvalue weighted by Gasteiger charge is -2.35. The summed E-state index contributed by atoms with van der Waals surface area (Å²) in [5, 5.41) is 4.46. The van der Waals surface area contributed by atoms with Crippen LogP contribution in [-0.2, 0) is 11.2 Å². The van der Waals surface area contributed by atoms with Crippen molar-refractivity contribution in [2.45, 2.75) is 120 Å². The highest BCUT2D eigenvalue weighted by atomic mass is 32.1. The number of aliphatic imine (C=N–C) groups is 1. The lowest BCUT2D eigenvalue weighted by atomic mass is 9.93. The Morgan fingerprint density at radius 2 is 1.75 bits per heavy atom. The summed E-state index contributed by atoms with van der Waals surface area (Å²) >= 11 is 1.80. The summed E-state index contributed by atoms with van der Waals surface area (Å²) in [6, 6.07) is 2.26. The largest absolute Gasteiger partial charge is 0.390 e. The second-order valence-corrected chi connectivity index (χ2v) is 11.2. The summed E-state index contributed by atoms with van der Waals surface area (Å²) in [7, 11) is 0. The number of aldehydes is 1. The van der Waals surface area contributed by atoms with Crippen LogP contribution in [0.3, 0.4) is 0 Å². The molecule has 1 unspecified atom stereocenters. The van der Waals surface area contributed by atoms with Crippen LogP contribution in [0, 0.1) is 17.8 Å². The molecule has 1 aliphatic heterocycles. The molecule has 0 amide bonds. The van der Waals surface area contributed by atoms with Gasteiger partial charge in [0.05, 0.1) is 6.34 Å². The first-order valence-electron chi connectivity index (χ1n) is 14.3. The molecule has 1 aromatic heterocycles. The van der Waals surface area contributed by atoms with Crippen LogP contribution in [0.15, 0.2) is 33.6 Å². The van der Waals surface area contributed by atoms with Crippen LogP contribution < -0.4 is 5.73 Å². The molecular weight excluding hydrogens is 462 g/mol. The summed E-state index contributed by atoms with van der Waals surface area (Å²) in [6.45, 7) is 23.6. The second kappa shape index (κ2) is 22.6.